The van der Waals surface area contributed by atoms with E-state index in [-0.39, 0.29) is 0 Å². The van der Waals surface area contributed by atoms with E-state index in [1.165, 1.54) is 19.3 Å². The van der Waals surface area contributed by atoms with Crippen LogP contribution < -0.4 is 5.32 Å². The SMILES string of the molecule is O=C(O)c1ccccc1NC1C2C3CCC(C3)C12. The van der Waals surface area contributed by atoms with Crippen molar-refractivity contribution in [1.29, 1.82) is 0 Å². The van der Waals surface area contributed by atoms with Gasteiger partial charge in [-0.25, -0.2) is 4.79 Å². The molecule has 3 aliphatic carbocycles. The molecule has 0 radical (unpaired) electrons. The van der Waals surface area contributed by atoms with Crippen molar-refractivity contribution in [2.24, 2.45) is 23.7 Å². The maximum atomic E-state index is 11.2. The Morgan fingerprint density at radius 3 is 2.50 bits per heavy atom. The summed E-state index contributed by atoms with van der Waals surface area (Å²) in [4.78, 5) is 11.2. The average Bonchev–Trinajstić information content (AvgIpc) is 2.78. The molecule has 2 bridgehead atoms. The maximum Gasteiger partial charge on any atom is 0.337 e. The minimum atomic E-state index is -0.841. The summed E-state index contributed by atoms with van der Waals surface area (Å²) in [5, 5.41) is 12.7. The van der Waals surface area contributed by atoms with Gasteiger partial charge in [-0.2, -0.15) is 0 Å². The fourth-order valence-corrected chi connectivity index (χ4v) is 4.49. The Balaban J connectivity index is 1.55. The molecule has 4 atom stereocenters. The highest BCUT2D eigenvalue weighted by Gasteiger charge is 2.65. The number of nitrogens with one attached hydrogen (secondary N) is 1. The van der Waals surface area contributed by atoms with E-state index in [2.05, 4.69) is 5.32 Å². The Morgan fingerprint density at radius 1 is 1.17 bits per heavy atom. The van der Waals surface area contributed by atoms with Crippen molar-refractivity contribution in [3.8, 4) is 0 Å². The van der Waals surface area contributed by atoms with Gasteiger partial charge < -0.3 is 10.4 Å². The molecule has 3 nitrogen and oxygen atoms in total. The van der Waals surface area contributed by atoms with E-state index in [1.807, 2.05) is 12.1 Å². The summed E-state index contributed by atoms with van der Waals surface area (Å²) in [6.07, 6.45) is 4.21. The van der Waals surface area contributed by atoms with Crippen LogP contribution in [0.2, 0.25) is 0 Å². The summed E-state index contributed by atoms with van der Waals surface area (Å²) in [5.74, 6) is 2.63. The third-order valence-electron chi connectivity index (χ3n) is 5.21. The van der Waals surface area contributed by atoms with Gasteiger partial charge in [-0.1, -0.05) is 12.1 Å². The number of rotatable bonds is 3. The molecule has 94 valence electrons. The maximum absolute atomic E-state index is 11.2. The zero-order chi connectivity index (χ0) is 12.3. The Labute approximate surface area is 106 Å². The third kappa shape index (κ3) is 1.33. The molecule has 1 aromatic rings. The monoisotopic (exact) mass is 243 g/mol. The van der Waals surface area contributed by atoms with Crippen molar-refractivity contribution in [1.82, 2.24) is 0 Å². The second-order valence-electron chi connectivity index (χ2n) is 6.01. The van der Waals surface area contributed by atoms with E-state index in [1.54, 1.807) is 12.1 Å². The summed E-state index contributed by atoms with van der Waals surface area (Å²) in [6.45, 7) is 0. The number of carboxylic acids is 1. The van der Waals surface area contributed by atoms with Crippen LogP contribution in [-0.2, 0) is 0 Å². The summed E-state index contributed by atoms with van der Waals surface area (Å²) in [5.41, 5.74) is 1.19. The summed E-state index contributed by atoms with van der Waals surface area (Å²) in [7, 11) is 0. The van der Waals surface area contributed by atoms with Crippen LogP contribution in [0.3, 0.4) is 0 Å². The lowest BCUT2D eigenvalue weighted by molar-refractivity contribution is 0.0698. The van der Waals surface area contributed by atoms with E-state index < -0.39 is 5.97 Å². The van der Waals surface area contributed by atoms with Gasteiger partial charge in [0.15, 0.2) is 0 Å². The summed E-state index contributed by atoms with van der Waals surface area (Å²) in [6, 6.07) is 7.79. The molecular weight excluding hydrogens is 226 g/mol. The molecule has 3 aliphatic rings. The predicted octanol–water partition coefficient (Wildman–Crippen LogP) is 2.84. The van der Waals surface area contributed by atoms with Gasteiger partial charge in [0, 0.05) is 11.7 Å². The standard InChI is InChI=1S/C15H17NO2/c17-15(18)10-3-1-2-4-11(10)16-14-12-8-5-6-9(7-8)13(12)14/h1-4,8-9,12-14,16H,5-7H2,(H,17,18). The Bertz CT molecular complexity index is 497. The summed E-state index contributed by atoms with van der Waals surface area (Å²) >= 11 is 0. The molecule has 3 heteroatoms. The van der Waals surface area contributed by atoms with Crippen LogP contribution in [0.4, 0.5) is 5.69 Å². The number of fused-ring (bicyclic) bond motifs is 5. The van der Waals surface area contributed by atoms with Crippen molar-refractivity contribution in [2.45, 2.75) is 25.3 Å². The summed E-state index contributed by atoms with van der Waals surface area (Å²) < 4.78 is 0. The van der Waals surface area contributed by atoms with Crippen LogP contribution in [0, 0.1) is 23.7 Å². The first kappa shape index (κ1) is 10.4. The molecule has 0 amide bonds. The quantitative estimate of drug-likeness (QED) is 0.858. The molecule has 3 saturated carbocycles. The smallest absolute Gasteiger partial charge is 0.337 e. The lowest BCUT2D eigenvalue weighted by Crippen LogP contribution is -2.15. The second kappa shape index (κ2) is 3.50. The van der Waals surface area contributed by atoms with Gasteiger partial charge in [-0.3, -0.25) is 0 Å². The molecule has 0 saturated heterocycles. The van der Waals surface area contributed by atoms with E-state index >= 15 is 0 Å². The van der Waals surface area contributed by atoms with Gasteiger partial charge in [0.1, 0.15) is 0 Å². The second-order valence-corrected chi connectivity index (χ2v) is 6.01. The highest BCUT2D eigenvalue weighted by molar-refractivity contribution is 5.94. The number of carbonyl (C=O) groups is 1. The fourth-order valence-electron chi connectivity index (χ4n) is 4.49. The van der Waals surface area contributed by atoms with Crippen LogP contribution in [0.5, 0.6) is 0 Å². The van der Waals surface area contributed by atoms with Crippen LogP contribution in [0.15, 0.2) is 24.3 Å². The first-order valence-corrected chi connectivity index (χ1v) is 6.84. The number of benzene rings is 1. The number of hydrogen-bond donors (Lipinski definition) is 2. The van der Waals surface area contributed by atoms with Gasteiger partial charge in [0.05, 0.1) is 5.56 Å². The Morgan fingerprint density at radius 2 is 1.83 bits per heavy atom. The number of anilines is 1. The van der Waals surface area contributed by atoms with Crippen molar-refractivity contribution in [3.05, 3.63) is 29.8 Å². The van der Waals surface area contributed by atoms with E-state index in [0.717, 1.165) is 29.4 Å². The van der Waals surface area contributed by atoms with Crippen molar-refractivity contribution < 1.29 is 9.90 Å². The third-order valence-corrected chi connectivity index (χ3v) is 5.21. The van der Waals surface area contributed by atoms with Crippen LogP contribution in [-0.4, -0.2) is 17.1 Å². The fraction of sp³-hybridized carbons (Fsp3) is 0.533. The molecule has 3 fully saturated rings. The number of hydrogen-bond acceptors (Lipinski definition) is 2. The van der Waals surface area contributed by atoms with Crippen molar-refractivity contribution >= 4 is 11.7 Å². The molecule has 0 spiro atoms. The highest BCUT2D eigenvalue weighted by Crippen LogP contribution is 2.66. The highest BCUT2D eigenvalue weighted by atomic mass is 16.4. The lowest BCUT2D eigenvalue weighted by Gasteiger charge is -2.13. The van der Waals surface area contributed by atoms with E-state index in [9.17, 15) is 9.90 Å². The Kier molecular flexibility index (Phi) is 2.02. The minimum absolute atomic E-state index is 0.398. The van der Waals surface area contributed by atoms with E-state index in [4.69, 9.17) is 0 Å². The number of aromatic carboxylic acids is 1. The van der Waals surface area contributed by atoms with Crippen LogP contribution in [0.25, 0.3) is 0 Å². The van der Waals surface area contributed by atoms with Crippen molar-refractivity contribution in [3.63, 3.8) is 0 Å². The van der Waals surface area contributed by atoms with Crippen LogP contribution in [0.1, 0.15) is 29.6 Å². The molecular formula is C15H17NO2. The zero-order valence-electron chi connectivity index (χ0n) is 10.2. The molecule has 2 N–H and O–H groups in total. The zero-order valence-corrected chi connectivity index (χ0v) is 10.2. The van der Waals surface area contributed by atoms with Crippen molar-refractivity contribution in [2.75, 3.05) is 5.32 Å². The average molecular weight is 243 g/mol. The number of para-hydroxylation sites is 1. The minimum Gasteiger partial charge on any atom is -0.478 e. The van der Waals surface area contributed by atoms with E-state index in [0.29, 0.717) is 11.6 Å². The normalized spacial score (nSPS) is 39.4. The van der Waals surface area contributed by atoms with Gasteiger partial charge in [-0.05, 0) is 55.1 Å². The topological polar surface area (TPSA) is 49.3 Å². The van der Waals surface area contributed by atoms with Gasteiger partial charge in [0.2, 0.25) is 0 Å². The Hall–Kier alpha value is -1.51. The largest absolute Gasteiger partial charge is 0.478 e. The predicted molar refractivity (Wildman–Crippen MR) is 68.6 cm³/mol. The first-order chi connectivity index (χ1) is 8.75. The first-order valence-electron chi connectivity index (χ1n) is 6.84. The molecule has 1 aromatic carbocycles. The van der Waals surface area contributed by atoms with Gasteiger partial charge >= 0.3 is 5.97 Å². The molecule has 0 aromatic heterocycles. The van der Waals surface area contributed by atoms with Crippen LogP contribution >= 0.6 is 0 Å². The molecule has 4 rings (SSSR count). The van der Waals surface area contributed by atoms with Gasteiger partial charge in [-0.15, -0.1) is 0 Å². The van der Waals surface area contributed by atoms with Gasteiger partial charge in [0.25, 0.3) is 0 Å². The molecule has 4 unspecified atom stereocenters. The molecule has 0 aliphatic heterocycles. The molecule has 18 heavy (non-hydrogen) atoms. The lowest BCUT2D eigenvalue weighted by atomic mass is 10.0. The molecule has 0 heterocycles. The number of carboxylic acid groups (broad SMARTS) is 1.